The Morgan fingerprint density at radius 3 is 2.92 bits per heavy atom. The van der Waals surface area contributed by atoms with Crippen LogP contribution < -0.4 is 5.32 Å². The molecule has 25 heavy (non-hydrogen) atoms. The second kappa shape index (κ2) is 7.40. The van der Waals surface area contributed by atoms with Crippen molar-refractivity contribution >= 4 is 28.9 Å². The first-order chi connectivity index (χ1) is 11.9. The maximum atomic E-state index is 12.3. The Morgan fingerprint density at radius 1 is 1.32 bits per heavy atom. The molecule has 1 atom stereocenters. The standard InChI is InChI=1S/C20H23NO3S/c1-12-4-6-14(3)17(8-12)21-19(22)10-24-20(23)16-11-25-18-9-13(2)5-7-15(16)18/h4,6,8,11,13H,5,7,9-10H2,1-3H3,(H,21,22). The normalized spacial score (nSPS) is 16.2. The van der Waals surface area contributed by atoms with E-state index in [1.807, 2.05) is 37.4 Å². The fourth-order valence-corrected chi connectivity index (χ4v) is 4.35. The summed E-state index contributed by atoms with van der Waals surface area (Å²) in [6.45, 7) is 5.86. The molecule has 1 aromatic heterocycles. The first kappa shape index (κ1) is 17.7. The van der Waals surface area contributed by atoms with Crippen molar-refractivity contribution in [3.05, 3.63) is 50.7 Å². The number of anilines is 1. The van der Waals surface area contributed by atoms with Crippen molar-refractivity contribution in [1.29, 1.82) is 0 Å². The molecule has 1 aliphatic rings. The van der Waals surface area contributed by atoms with Gasteiger partial charge in [0.2, 0.25) is 0 Å². The number of carbonyl (C=O) groups excluding carboxylic acids is 2. The summed E-state index contributed by atoms with van der Waals surface area (Å²) in [5.41, 5.74) is 4.54. The average Bonchev–Trinajstić information content (AvgIpc) is 2.99. The van der Waals surface area contributed by atoms with Crippen molar-refractivity contribution < 1.29 is 14.3 Å². The van der Waals surface area contributed by atoms with Crippen LogP contribution in [0.25, 0.3) is 0 Å². The van der Waals surface area contributed by atoms with Gasteiger partial charge in [-0.25, -0.2) is 4.79 Å². The molecule has 1 unspecified atom stereocenters. The SMILES string of the molecule is Cc1ccc(C)c(NC(=O)COC(=O)c2csc3c2CCC(C)C3)c1. The minimum atomic E-state index is -0.400. The van der Waals surface area contributed by atoms with Crippen LogP contribution in [0, 0.1) is 19.8 Å². The molecule has 0 bridgehead atoms. The van der Waals surface area contributed by atoms with Gasteiger partial charge in [-0.15, -0.1) is 11.3 Å². The summed E-state index contributed by atoms with van der Waals surface area (Å²) in [6.07, 6.45) is 3.04. The van der Waals surface area contributed by atoms with Gasteiger partial charge in [-0.2, -0.15) is 0 Å². The fraction of sp³-hybridized carbons (Fsp3) is 0.400. The lowest BCUT2D eigenvalue weighted by molar-refractivity contribution is -0.119. The lowest BCUT2D eigenvalue weighted by Gasteiger charge is -2.18. The lowest BCUT2D eigenvalue weighted by atomic mass is 9.88. The number of amides is 1. The molecule has 0 saturated heterocycles. The molecule has 0 fully saturated rings. The van der Waals surface area contributed by atoms with Crippen LogP contribution in [0.2, 0.25) is 0 Å². The van der Waals surface area contributed by atoms with Crippen molar-refractivity contribution in [1.82, 2.24) is 0 Å². The lowest BCUT2D eigenvalue weighted by Crippen LogP contribution is -2.22. The summed E-state index contributed by atoms with van der Waals surface area (Å²) in [5, 5.41) is 4.67. The highest BCUT2D eigenvalue weighted by atomic mass is 32.1. The van der Waals surface area contributed by atoms with Gasteiger partial charge in [-0.05, 0) is 61.8 Å². The van der Waals surface area contributed by atoms with Crippen LogP contribution in [-0.2, 0) is 22.4 Å². The van der Waals surface area contributed by atoms with E-state index in [0.717, 1.165) is 41.6 Å². The molecule has 0 saturated carbocycles. The molecule has 0 spiro atoms. The van der Waals surface area contributed by atoms with E-state index >= 15 is 0 Å². The Morgan fingerprint density at radius 2 is 2.12 bits per heavy atom. The minimum absolute atomic E-state index is 0.271. The second-order valence-corrected chi connectivity index (χ2v) is 7.81. The van der Waals surface area contributed by atoms with Gasteiger partial charge in [-0.1, -0.05) is 19.1 Å². The average molecular weight is 357 g/mol. The Labute approximate surface area is 152 Å². The second-order valence-electron chi connectivity index (χ2n) is 6.84. The summed E-state index contributed by atoms with van der Waals surface area (Å²) in [6, 6.07) is 5.85. The molecule has 2 aromatic rings. The van der Waals surface area contributed by atoms with Crippen molar-refractivity contribution in [3.8, 4) is 0 Å². The van der Waals surface area contributed by atoms with Crippen LogP contribution in [-0.4, -0.2) is 18.5 Å². The number of nitrogens with one attached hydrogen (secondary N) is 1. The number of fused-ring (bicyclic) bond motifs is 1. The third kappa shape index (κ3) is 4.10. The molecule has 1 aliphatic carbocycles. The van der Waals surface area contributed by atoms with Crippen LogP contribution in [0.3, 0.4) is 0 Å². The number of rotatable bonds is 4. The van der Waals surface area contributed by atoms with Gasteiger partial charge < -0.3 is 10.1 Å². The maximum Gasteiger partial charge on any atom is 0.339 e. The molecule has 5 heteroatoms. The molecule has 132 valence electrons. The van der Waals surface area contributed by atoms with E-state index < -0.39 is 5.97 Å². The van der Waals surface area contributed by atoms with Crippen LogP contribution in [0.1, 0.15) is 45.3 Å². The van der Waals surface area contributed by atoms with E-state index in [0.29, 0.717) is 11.5 Å². The topological polar surface area (TPSA) is 55.4 Å². The monoisotopic (exact) mass is 357 g/mol. The Balaban J connectivity index is 1.59. The van der Waals surface area contributed by atoms with Crippen LogP contribution in [0.15, 0.2) is 23.6 Å². The first-order valence-electron chi connectivity index (χ1n) is 8.57. The molecule has 0 aliphatic heterocycles. The fourth-order valence-electron chi connectivity index (χ4n) is 3.11. The highest BCUT2D eigenvalue weighted by Gasteiger charge is 2.24. The molecular formula is C20H23NO3S. The zero-order chi connectivity index (χ0) is 18.0. The largest absolute Gasteiger partial charge is 0.452 e. The number of thiophene rings is 1. The molecule has 1 heterocycles. The molecular weight excluding hydrogens is 334 g/mol. The van der Waals surface area contributed by atoms with Gasteiger partial charge in [0, 0.05) is 15.9 Å². The molecule has 0 radical (unpaired) electrons. The minimum Gasteiger partial charge on any atom is -0.452 e. The summed E-state index contributed by atoms with van der Waals surface area (Å²) < 4.78 is 5.24. The smallest absolute Gasteiger partial charge is 0.339 e. The van der Waals surface area contributed by atoms with Crippen molar-refractivity contribution in [3.63, 3.8) is 0 Å². The van der Waals surface area contributed by atoms with E-state index in [-0.39, 0.29) is 12.5 Å². The van der Waals surface area contributed by atoms with Gasteiger partial charge >= 0.3 is 5.97 Å². The Bertz CT molecular complexity index is 809. The molecule has 3 rings (SSSR count). The summed E-state index contributed by atoms with van der Waals surface area (Å²) in [7, 11) is 0. The molecule has 1 aromatic carbocycles. The van der Waals surface area contributed by atoms with E-state index in [9.17, 15) is 9.59 Å². The van der Waals surface area contributed by atoms with E-state index in [1.54, 1.807) is 11.3 Å². The Kier molecular flexibility index (Phi) is 5.23. The summed E-state index contributed by atoms with van der Waals surface area (Å²) >= 11 is 1.62. The number of hydrogen-bond donors (Lipinski definition) is 1. The van der Waals surface area contributed by atoms with Gasteiger partial charge in [0.1, 0.15) is 0 Å². The Hall–Kier alpha value is -2.14. The van der Waals surface area contributed by atoms with Crippen LogP contribution in [0.4, 0.5) is 5.69 Å². The van der Waals surface area contributed by atoms with Crippen LogP contribution in [0.5, 0.6) is 0 Å². The summed E-state index contributed by atoms with van der Waals surface area (Å²) in [4.78, 5) is 25.7. The van der Waals surface area contributed by atoms with Crippen LogP contribution >= 0.6 is 11.3 Å². The number of esters is 1. The van der Waals surface area contributed by atoms with Crippen molar-refractivity contribution in [2.75, 3.05) is 11.9 Å². The van der Waals surface area contributed by atoms with Gasteiger partial charge in [-0.3, -0.25) is 4.79 Å². The van der Waals surface area contributed by atoms with Crippen molar-refractivity contribution in [2.45, 2.75) is 40.0 Å². The summed E-state index contributed by atoms with van der Waals surface area (Å²) in [5.74, 6) is -0.0543. The van der Waals surface area contributed by atoms with Crippen molar-refractivity contribution in [2.24, 2.45) is 5.92 Å². The van der Waals surface area contributed by atoms with Gasteiger partial charge in [0.15, 0.2) is 6.61 Å². The van der Waals surface area contributed by atoms with E-state index in [1.165, 1.54) is 4.88 Å². The first-order valence-corrected chi connectivity index (χ1v) is 9.45. The van der Waals surface area contributed by atoms with E-state index in [2.05, 4.69) is 12.2 Å². The highest BCUT2D eigenvalue weighted by Crippen LogP contribution is 2.33. The van der Waals surface area contributed by atoms with Gasteiger partial charge in [0.25, 0.3) is 5.91 Å². The zero-order valence-electron chi connectivity index (χ0n) is 14.8. The quantitative estimate of drug-likeness (QED) is 0.831. The number of benzene rings is 1. The molecule has 1 amide bonds. The third-order valence-corrected chi connectivity index (χ3v) is 5.67. The molecule has 1 N–H and O–H groups in total. The van der Waals surface area contributed by atoms with Gasteiger partial charge in [0.05, 0.1) is 5.56 Å². The molecule has 4 nitrogen and oxygen atoms in total. The third-order valence-electron chi connectivity index (χ3n) is 4.62. The van der Waals surface area contributed by atoms with E-state index in [4.69, 9.17) is 4.74 Å². The number of carbonyl (C=O) groups is 2. The number of ether oxygens (including phenoxy) is 1. The predicted molar refractivity (Wildman–Crippen MR) is 100 cm³/mol. The maximum absolute atomic E-state index is 12.3. The predicted octanol–water partition coefficient (Wildman–Crippen LogP) is 4.29. The number of aryl methyl sites for hydroxylation is 2. The highest BCUT2D eigenvalue weighted by molar-refractivity contribution is 7.10. The number of hydrogen-bond acceptors (Lipinski definition) is 4. The zero-order valence-corrected chi connectivity index (χ0v) is 15.7.